The number of carboxylic acid groups (broad SMARTS) is 1. The summed E-state index contributed by atoms with van der Waals surface area (Å²) in [5, 5.41) is 12.8. The van der Waals surface area contributed by atoms with Gasteiger partial charge >= 0.3 is 11.9 Å². The number of nitrogen functional groups attached to an aromatic ring is 1. The topological polar surface area (TPSA) is 131 Å². The molecule has 1 heterocycles. The molecule has 1 aromatic heterocycles. The maximum absolute atomic E-state index is 11.5. The summed E-state index contributed by atoms with van der Waals surface area (Å²) in [4.78, 5) is 26.8. The first kappa shape index (κ1) is 21.3. The molecule has 0 radical (unpaired) electrons. The highest BCUT2D eigenvalue weighted by atomic mass is 16.5. The van der Waals surface area contributed by atoms with Gasteiger partial charge in [0.05, 0.1) is 6.42 Å². The third-order valence-corrected chi connectivity index (χ3v) is 6.16. The van der Waals surface area contributed by atoms with Crippen molar-refractivity contribution >= 4 is 11.9 Å². The molecule has 0 unspecified atom stereocenters. The van der Waals surface area contributed by atoms with E-state index >= 15 is 0 Å². The Morgan fingerprint density at radius 1 is 1.30 bits per heavy atom. The summed E-state index contributed by atoms with van der Waals surface area (Å²) in [6.45, 7) is 6.92. The highest BCUT2D eigenvalue weighted by Gasteiger charge is 2.42. The van der Waals surface area contributed by atoms with E-state index in [2.05, 4.69) is 30.9 Å². The number of nitrogens with two attached hydrogens (primary N) is 1. The van der Waals surface area contributed by atoms with E-state index in [4.69, 9.17) is 10.4 Å². The molecule has 1 amide bonds. The monoisotopic (exact) mass is 380 g/mol. The number of hydrogen-bond donors (Lipinski definition) is 3. The fourth-order valence-corrected chi connectivity index (χ4v) is 4.37. The molecule has 0 aromatic carbocycles. The summed E-state index contributed by atoms with van der Waals surface area (Å²) >= 11 is 0. The molecule has 1 aliphatic carbocycles. The number of carboxylic acids is 1. The van der Waals surface area contributed by atoms with Crippen molar-refractivity contribution in [3.8, 4) is 0 Å². The minimum atomic E-state index is -0.925. The summed E-state index contributed by atoms with van der Waals surface area (Å²) in [7, 11) is 0. The Balaban J connectivity index is 2.06. The zero-order chi connectivity index (χ0) is 20.1. The Labute approximate surface area is 160 Å². The van der Waals surface area contributed by atoms with E-state index in [1.165, 1.54) is 32.1 Å². The fourth-order valence-electron chi connectivity index (χ4n) is 4.37. The average molecular weight is 380 g/mol. The molecule has 1 fully saturated rings. The molecule has 1 saturated carbocycles. The maximum Gasteiger partial charge on any atom is 0.306 e. The molecule has 4 N–H and O–H groups in total. The van der Waals surface area contributed by atoms with E-state index in [-0.39, 0.29) is 23.6 Å². The molecule has 0 saturated heterocycles. The molecular weight excluding hydrogens is 348 g/mol. The number of hydrazine groups is 1. The van der Waals surface area contributed by atoms with Crippen LogP contribution in [0.3, 0.4) is 0 Å². The summed E-state index contributed by atoms with van der Waals surface area (Å²) in [6, 6.07) is 0. The average Bonchev–Trinajstić information content (AvgIpc) is 3.10. The lowest BCUT2D eigenvalue weighted by Crippen LogP contribution is -2.37. The van der Waals surface area contributed by atoms with Crippen LogP contribution >= 0.6 is 0 Å². The zero-order valence-electron chi connectivity index (χ0n) is 16.6. The molecule has 2 rings (SSSR count). The number of amides is 1. The quantitative estimate of drug-likeness (QED) is 0.358. The first-order chi connectivity index (χ1) is 12.7. The van der Waals surface area contributed by atoms with Crippen LogP contribution in [0.2, 0.25) is 0 Å². The smallest absolute Gasteiger partial charge is 0.306 e. The number of nitrogens with one attached hydrogen (secondary N) is 1. The minimum absolute atomic E-state index is 0.103. The number of aromatic nitrogens is 2. The van der Waals surface area contributed by atoms with Gasteiger partial charge in [0.25, 0.3) is 5.82 Å². The van der Waals surface area contributed by atoms with Gasteiger partial charge < -0.3 is 9.63 Å². The second kappa shape index (κ2) is 8.82. The Morgan fingerprint density at radius 2 is 1.96 bits per heavy atom. The van der Waals surface area contributed by atoms with Crippen LogP contribution in [-0.4, -0.2) is 27.1 Å². The lowest BCUT2D eigenvalue weighted by atomic mass is 9.57. The van der Waals surface area contributed by atoms with Crippen LogP contribution in [-0.2, 0) is 4.79 Å². The number of aliphatic carboxylic acids is 1. The van der Waals surface area contributed by atoms with Gasteiger partial charge in [0, 0.05) is 5.92 Å². The third-order valence-electron chi connectivity index (χ3n) is 6.16. The van der Waals surface area contributed by atoms with E-state index in [1.807, 2.05) is 5.43 Å². The van der Waals surface area contributed by atoms with E-state index in [0.717, 1.165) is 12.8 Å². The maximum atomic E-state index is 11.5. The predicted octanol–water partition coefficient (Wildman–Crippen LogP) is 3.40. The highest BCUT2D eigenvalue weighted by Crippen LogP contribution is 2.53. The van der Waals surface area contributed by atoms with Crippen molar-refractivity contribution in [2.24, 2.45) is 16.7 Å². The molecule has 152 valence electrons. The van der Waals surface area contributed by atoms with Crippen molar-refractivity contribution in [1.29, 1.82) is 0 Å². The van der Waals surface area contributed by atoms with Crippen LogP contribution in [0.5, 0.6) is 0 Å². The van der Waals surface area contributed by atoms with E-state index in [1.54, 1.807) is 0 Å². The van der Waals surface area contributed by atoms with Crippen LogP contribution in [0.25, 0.3) is 0 Å². The molecule has 27 heavy (non-hydrogen) atoms. The number of rotatable bonds is 8. The molecule has 0 bridgehead atoms. The van der Waals surface area contributed by atoms with Gasteiger partial charge in [0.15, 0.2) is 0 Å². The van der Waals surface area contributed by atoms with Gasteiger partial charge in [-0.05, 0) is 36.5 Å². The lowest BCUT2D eigenvalue weighted by molar-refractivity contribution is -0.137. The van der Waals surface area contributed by atoms with Gasteiger partial charge in [-0.15, -0.1) is 0 Å². The van der Waals surface area contributed by atoms with Crippen LogP contribution in [0.15, 0.2) is 4.52 Å². The summed E-state index contributed by atoms with van der Waals surface area (Å²) in [5.41, 5.74) is 2.45. The van der Waals surface area contributed by atoms with Crippen LogP contribution < -0.4 is 11.3 Å². The Morgan fingerprint density at radius 3 is 2.52 bits per heavy atom. The summed E-state index contributed by atoms with van der Waals surface area (Å²) in [5.74, 6) is 3.09. The second-order valence-corrected chi connectivity index (χ2v) is 8.71. The minimum Gasteiger partial charge on any atom is -0.481 e. The van der Waals surface area contributed by atoms with Gasteiger partial charge in [-0.25, -0.2) is 5.84 Å². The van der Waals surface area contributed by atoms with Crippen molar-refractivity contribution < 1.29 is 19.2 Å². The predicted molar refractivity (Wildman–Crippen MR) is 99.8 cm³/mol. The van der Waals surface area contributed by atoms with Gasteiger partial charge in [-0.2, -0.15) is 4.98 Å². The van der Waals surface area contributed by atoms with Crippen molar-refractivity contribution in [1.82, 2.24) is 15.6 Å². The molecule has 1 aromatic rings. The van der Waals surface area contributed by atoms with E-state index in [9.17, 15) is 14.7 Å². The Hall–Kier alpha value is -1.96. The number of carbonyl (C=O) groups excluding carboxylic acids is 1. The van der Waals surface area contributed by atoms with Crippen molar-refractivity contribution in [3.63, 3.8) is 0 Å². The molecule has 1 aliphatic rings. The second-order valence-electron chi connectivity index (χ2n) is 8.71. The van der Waals surface area contributed by atoms with Gasteiger partial charge in [0.2, 0.25) is 5.89 Å². The molecular formula is C19H32N4O4. The normalized spacial score (nSPS) is 18.1. The molecule has 0 spiro atoms. The molecule has 8 nitrogen and oxygen atoms in total. The number of hydrogen-bond acceptors (Lipinski definition) is 6. The van der Waals surface area contributed by atoms with Crippen molar-refractivity contribution in [2.45, 2.75) is 84.5 Å². The van der Waals surface area contributed by atoms with E-state index in [0.29, 0.717) is 11.8 Å². The largest absolute Gasteiger partial charge is 0.481 e. The van der Waals surface area contributed by atoms with Gasteiger partial charge in [-0.1, -0.05) is 51.6 Å². The Bertz CT molecular complexity index is 644. The van der Waals surface area contributed by atoms with Crippen LogP contribution in [0, 0.1) is 10.8 Å². The Kier molecular flexibility index (Phi) is 6.97. The SMILES string of the molecule is CC(C)(C)C1(CCC[C@H](CC(=O)O)c2nc(C(=O)NN)no2)CCCCC1. The first-order valence-corrected chi connectivity index (χ1v) is 9.75. The molecule has 0 aliphatic heterocycles. The first-order valence-electron chi connectivity index (χ1n) is 9.75. The van der Waals surface area contributed by atoms with Gasteiger partial charge in [-0.3, -0.25) is 15.0 Å². The van der Waals surface area contributed by atoms with E-state index < -0.39 is 17.8 Å². The fraction of sp³-hybridized carbons (Fsp3) is 0.789. The molecule has 8 heteroatoms. The highest BCUT2D eigenvalue weighted by molar-refractivity contribution is 5.89. The zero-order valence-corrected chi connectivity index (χ0v) is 16.6. The van der Waals surface area contributed by atoms with Crippen molar-refractivity contribution in [2.75, 3.05) is 0 Å². The number of nitrogens with zero attached hydrogens (tertiary/aromatic N) is 2. The standard InChI is InChI=1S/C19H32N4O4/c1-18(2,3)19(9-5-4-6-10-19)11-7-8-13(12-14(24)25)17-21-15(23-27-17)16(26)22-20/h13H,4-12,20H2,1-3H3,(H,22,26)(H,24,25)/t13-/m1/s1. The lowest BCUT2D eigenvalue weighted by Gasteiger charge is -2.48. The third kappa shape index (κ3) is 5.28. The van der Waals surface area contributed by atoms with Crippen molar-refractivity contribution in [3.05, 3.63) is 11.7 Å². The molecule has 1 atom stereocenters. The summed E-state index contributed by atoms with van der Waals surface area (Å²) in [6.07, 6.45) is 8.74. The van der Waals surface area contributed by atoms with Gasteiger partial charge in [0.1, 0.15) is 0 Å². The summed E-state index contributed by atoms with van der Waals surface area (Å²) < 4.78 is 5.14. The number of carbonyl (C=O) groups is 2. The van der Waals surface area contributed by atoms with Crippen LogP contribution in [0.4, 0.5) is 0 Å². The van der Waals surface area contributed by atoms with Crippen LogP contribution in [0.1, 0.15) is 101 Å².